The minimum absolute atomic E-state index is 0.0936. The van der Waals surface area contributed by atoms with Crippen molar-refractivity contribution in [2.45, 2.75) is 57.0 Å². The van der Waals surface area contributed by atoms with Crippen molar-refractivity contribution in [2.75, 3.05) is 18.8 Å². The van der Waals surface area contributed by atoms with E-state index < -0.39 is 27.5 Å². The summed E-state index contributed by atoms with van der Waals surface area (Å²) in [5, 5.41) is 2.67. The van der Waals surface area contributed by atoms with Gasteiger partial charge in [0, 0.05) is 13.1 Å². The first-order chi connectivity index (χ1) is 12.0. The Morgan fingerprint density at radius 2 is 1.77 bits per heavy atom. The molecule has 1 amide bonds. The normalized spacial score (nSPS) is 12.0. The van der Waals surface area contributed by atoms with Gasteiger partial charge in [-0.05, 0) is 51.8 Å². The largest absolute Gasteiger partial charge is 0.444 e. The van der Waals surface area contributed by atoms with Gasteiger partial charge < -0.3 is 15.8 Å². The van der Waals surface area contributed by atoms with Crippen LogP contribution < -0.4 is 15.8 Å². The van der Waals surface area contributed by atoms with E-state index in [0.717, 1.165) is 25.3 Å². The number of sulfonamides is 1. The number of carbonyl (C=O) groups excluding carboxylic acids is 1. The number of nitrogen functional groups attached to an aromatic ring is 1. The smallest absolute Gasteiger partial charge is 0.407 e. The van der Waals surface area contributed by atoms with Crippen LogP contribution >= 0.6 is 0 Å². The van der Waals surface area contributed by atoms with Crippen LogP contribution in [0.4, 0.5) is 14.9 Å². The predicted molar refractivity (Wildman–Crippen MR) is 98.7 cm³/mol. The standard InChI is InChI=1S/C17H28FN3O4S/c1-17(2,3)25-16(22)20-10-6-4-5-7-11-21-26(23,24)13-8-9-15(19)14(18)12-13/h8-9,12,21H,4-7,10-11,19H2,1-3H3,(H,20,22). The highest BCUT2D eigenvalue weighted by Crippen LogP contribution is 2.16. The molecule has 4 N–H and O–H groups in total. The highest BCUT2D eigenvalue weighted by Gasteiger charge is 2.16. The summed E-state index contributed by atoms with van der Waals surface area (Å²) in [4.78, 5) is 11.3. The van der Waals surface area contributed by atoms with Gasteiger partial charge in [-0.2, -0.15) is 0 Å². The number of anilines is 1. The summed E-state index contributed by atoms with van der Waals surface area (Å²) in [6.07, 6.45) is 2.61. The van der Waals surface area contributed by atoms with Crippen molar-refractivity contribution in [1.82, 2.24) is 10.0 Å². The molecule has 9 heteroatoms. The number of benzene rings is 1. The molecule has 0 unspecified atom stereocenters. The lowest BCUT2D eigenvalue weighted by molar-refractivity contribution is 0.0527. The Morgan fingerprint density at radius 3 is 2.35 bits per heavy atom. The number of unbranched alkanes of at least 4 members (excludes halogenated alkanes) is 3. The minimum atomic E-state index is -3.74. The zero-order chi connectivity index (χ0) is 19.8. The van der Waals surface area contributed by atoms with Gasteiger partial charge in [-0.15, -0.1) is 0 Å². The van der Waals surface area contributed by atoms with Gasteiger partial charge in [0.1, 0.15) is 11.4 Å². The van der Waals surface area contributed by atoms with Gasteiger partial charge in [0.2, 0.25) is 10.0 Å². The Balaban J connectivity index is 2.18. The molecule has 0 aliphatic carbocycles. The highest BCUT2D eigenvalue weighted by atomic mass is 32.2. The van der Waals surface area contributed by atoms with Crippen molar-refractivity contribution in [1.29, 1.82) is 0 Å². The van der Waals surface area contributed by atoms with Gasteiger partial charge in [-0.3, -0.25) is 0 Å². The Morgan fingerprint density at radius 1 is 1.15 bits per heavy atom. The lowest BCUT2D eigenvalue weighted by Crippen LogP contribution is -2.33. The first kappa shape index (κ1) is 22.2. The summed E-state index contributed by atoms with van der Waals surface area (Å²) in [7, 11) is -3.74. The molecule has 0 atom stereocenters. The average molecular weight is 389 g/mol. The Labute approximate surface area is 154 Å². The third kappa shape index (κ3) is 8.48. The molecule has 0 heterocycles. The summed E-state index contributed by atoms with van der Waals surface area (Å²) in [5.41, 5.74) is 4.72. The second-order valence-corrected chi connectivity index (χ2v) is 8.69. The van der Waals surface area contributed by atoms with Crippen LogP contribution in [0.25, 0.3) is 0 Å². The molecule has 0 aromatic heterocycles. The van der Waals surface area contributed by atoms with Gasteiger partial charge in [0.05, 0.1) is 10.6 Å². The van der Waals surface area contributed by atoms with Crippen molar-refractivity contribution in [3.63, 3.8) is 0 Å². The molecule has 0 saturated heterocycles. The van der Waals surface area contributed by atoms with E-state index in [9.17, 15) is 17.6 Å². The summed E-state index contributed by atoms with van der Waals surface area (Å²) in [6.45, 7) is 6.16. The van der Waals surface area contributed by atoms with E-state index in [-0.39, 0.29) is 17.1 Å². The van der Waals surface area contributed by atoms with E-state index in [1.54, 1.807) is 20.8 Å². The summed E-state index contributed by atoms with van der Waals surface area (Å²) < 4.78 is 45.0. The number of hydrogen-bond donors (Lipinski definition) is 3. The van der Waals surface area contributed by atoms with E-state index in [4.69, 9.17) is 10.5 Å². The lowest BCUT2D eigenvalue weighted by Gasteiger charge is -2.19. The number of ether oxygens (including phenoxy) is 1. The number of carbonyl (C=O) groups is 1. The second-order valence-electron chi connectivity index (χ2n) is 6.92. The van der Waals surface area contributed by atoms with Crippen LogP contribution in [0.5, 0.6) is 0 Å². The fourth-order valence-electron chi connectivity index (χ4n) is 2.07. The molecule has 0 saturated carbocycles. The monoisotopic (exact) mass is 389 g/mol. The van der Waals surface area contributed by atoms with Gasteiger partial charge in [0.15, 0.2) is 0 Å². The van der Waals surface area contributed by atoms with E-state index in [1.165, 1.54) is 12.1 Å². The maximum absolute atomic E-state index is 13.4. The fourth-order valence-corrected chi connectivity index (χ4v) is 3.16. The zero-order valence-electron chi connectivity index (χ0n) is 15.5. The predicted octanol–water partition coefficient (Wildman–Crippen LogP) is 2.77. The van der Waals surface area contributed by atoms with Crippen LogP contribution in [-0.4, -0.2) is 33.2 Å². The molecule has 26 heavy (non-hydrogen) atoms. The lowest BCUT2D eigenvalue weighted by atomic mass is 10.2. The van der Waals surface area contributed by atoms with Crippen LogP contribution in [0.2, 0.25) is 0 Å². The molecule has 0 aliphatic heterocycles. The van der Waals surface area contributed by atoms with E-state index in [2.05, 4.69) is 10.0 Å². The SMILES string of the molecule is CC(C)(C)OC(=O)NCCCCCCNS(=O)(=O)c1ccc(N)c(F)c1. The molecule has 0 bridgehead atoms. The average Bonchev–Trinajstić information content (AvgIpc) is 2.50. The third-order valence-corrected chi connectivity index (χ3v) is 4.80. The summed E-state index contributed by atoms with van der Waals surface area (Å²) >= 11 is 0. The molecule has 0 fully saturated rings. The molecule has 0 spiro atoms. The molecule has 1 aromatic rings. The number of hydrogen-bond acceptors (Lipinski definition) is 5. The van der Waals surface area contributed by atoms with E-state index in [0.29, 0.717) is 13.0 Å². The molecule has 0 aliphatic rings. The van der Waals surface area contributed by atoms with E-state index >= 15 is 0 Å². The molecule has 0 radical (unpaired) electrons. The summed E-state index contributed by atoms with van der Waals surface area (Å²) in [6, 6.07) is 3.39. The maximum Gasteiger partial charge on any atom is 0.407 e. The first-order valence-electron chi connectivity index (χ1n) is 8.53. The van der Waals surface area contributed by atoms with Crippen molar-refractivity contribution in [2.24, 2.45) is 0 Å². The number of nitrogens with two attached hydrogens (primary N) is 1. The third-order valence-electron chi connectivity index (χ3n) is 3.35. The highest BCUT2D eigenvalue weighted by molar-refractivity contribution is 7.89. The Hall–Kier alpha value is -1.87. The molecule has 1 rings (SSSR count). The number of rotatable bonds is 9. The quantitative estimate of drug-likeness (QED) is 0.444. The summed E-state index contributed by atoms with van der Waals surface area (Å²) in [5.74, 6) is -0.759. The van der Waals surface area contributed by atoms with Crippen molar-refractivity contribution in [3.8, 4) is 0 Å². The van der Waals surface area contributed by atoms with Crippen molar-refractivity contribution >= 4 is 21.8 Å². The topological polar surface area (TPSA) is 111 Å². The van der Waals surface area contributed by atoms with Gasteiger partial charge in [0.25, 0.3) is 0 Å². The minimum Gasteiger partial charge on any atom is -0.444 e. The van der Waals surface area contributed by atoms with Crippen LogP contribution in [0.15, 0.2) is 23.1 Å². The number of nitrogens with one attached hydrogen (secondary N) is 2. The zero-order valence-corrected chi connectivity index (χ0v) is 16.3. The number of amides is 1. The van der Waals surface area contributed by atoms with Crippen LogP contribution in [0.1, 0.15) is 46.5 Å². The first-order valence-corrected chi connectivity index (χ1v) is 10.0. The molecule has 148 valence electrons. The fraction of sp³-hybridized carbons (Fsp3) is 0.588. The van der Waals surface area contributed by atoms with Gasteiger partial charge in [-0.1, -0.05) is 12.8 Å². The maximum atomic E-state index is 13.4. The molecule has 1 aromatic carbocycles. The molecular formula is C17H28FN3O4S. The van der Waals surface area contributed by atoms with E-state index in [1.807, 2.05) is 0 Å². The van der Waals surface area contributed by atoms with Crippen LogP contribution in [-0.2, 0) is 14.8 Å². The van der Waals surface area contributed by atoms with Crippen molar-refractivity contribution < 1.29 is 22.3 Å². The van der Waals surface area contributed by atoms with Crippen molar-refractivity contribution in [3.05, 3.63) is 24.0 Å². The molecule has 7 nitrogen and oxygen atoms in total. The van der Waals surface area contributed by atoms with Gasteiger partial charge >= 0.3 is 6.09 Å². The number of halogens is 1. The second kappa shape index (κ2) is 9.72. The van der Waals surface area contributed by atoms with Crippen LogP contribution in [0, 0.1) is 5.82 Å². The Kier molecular flexibility index (Phi) is 8.29. The number of alkyl carbamates (subject to hydrolysis) is 1. The Bertz CT molecular complexity index is 702. The van der Waals surface area contributed by atoms with Gasteiger partial charge in [-0.25, -0.2) is 22.3 Å². The van der Waals surface area contributed by atoms with Crippen LogP contribution in [0.3, 0.4) is 0 Å². The molecular weight excluding hydrogens is 361 g/mol.